The first-order valence-electron chi connectivity index (χ1n) is 7.15. The van der Waals surface area contributed by atoms with E-state index < -0.39 is 0 Å². The maximum absolute atomic E-state index is 10.8. The Labute approximate surface area is 132 Å². The molecule has 0 aromatic carbocycles. The van der Waals surface area contributed by atoms with Gasteiger partial charge in [-0.05, 0) is 27.9 Å². The fourth-order valence-electron chi connectivity index (χ4n) is 1.09. The summed E-state index contributed by atoms with van der Waals surface area (Å²) in [4.78, 5) is 23.5. The molecule has 0 bridgehead atoms. The monoisotopic (exact) mass is 313 g/mol. The number of rotatable bonds is 8. The molecule has 0 N–H and O–H groups in total. The van der Waals surface area contributed by atoms with Crippen molar-refractivity contribution in [3.05, 3.63) is 24.3 Å². The maximum Gasteiger partial charge on any atom is 0.333 e. The summed E-state index contributed by atoms with van der Waals surface area (Å²) in [6.07, 6.45) is 1.13. The molecule has 1 aliphatic rings. The molecule has 0 radical (unpaired) electrons. The second-order valence-electron chi connectivity index (χ2n) is 5.38. The molecule has 0 aliphatic carbocycles. The lowest BCUT2D eigenvalue weighted by Crippen LogP contribution is -2.20. The molecule has 0 amide bonds. The number of nitrogens with zero attached hydrogens (tertiary/aromatic N) is 1. The lowest BCUT2D eigenvalue weighted by Gasteiger charge is -2.09. The topological polar surface area (TPSA) is 68.4 Å². The summed E-state index contributed by atoms with van der Waals surface area (Å²) in [7, 11) is 3.85. The molecule has 22 heavy (non-hydrogen) atoms. The molecule has 1 unspecified atom stereocenters. The molecule has 1 heterocycles. The van der Waals surface area contributed by atoms with Gasteiger partial charge >= 0.3 is 11.9 Å². The third kappa shape index (κ3) is 12.1. The van der Waals surface area contributed by atoms with Crippen molar-refractivity contribution in [3.63, 3.8) is 0 Å². The van der Waals surface area contributed by atoms with Crippen LogP contribution in [0.1, 0.15) is 20.3 Å². The zero-order chi connectivity index (χ0) is 17.1. The van der Waals surface area contributed by atoms with Gasteiger partial charge in [-0.25, -0.2) is 9.59 Å². The van der Waals surface area contributed by atoms with Crippen molar-refractivity contribution >= 4 is 11.9 Å². The first-order chi connectivity index (χ1) is 10.2. The van der Waals surface area contributed by atoms with Crippen LogP contribution in [0.5, 0.6) is 0 Å². The predicted molar refractivity (Wildman–Crippen MR) is 84.5 cm³/mol. The second kappa shape index (κ2) is 11.0. The van der Waals surface area contributed by atoms with E-state index in [2.05, 4.69) is 13.2 Å². The van der Waals surface area contributed by atoms with E-state index in [1.165, 1.54) is 0 Å². The van der Waals surface area contributed by atoms with Crippen LogP contribution in [-0.2, 0) is 23.8 Å². The number of carbonyl (C=O) groups is 2. The van der Waals surface area contributed by atoms with E-state index in [1.54, 1.807) is 13.8 Å². The fraction of sp³-hybridized carbons (Fsp3) is 0.625. The van der Waals surface area contributed by atoms with Crippen LogP contribution in [0, 0.1) is 0 Å². The van der Waals surface area contributed by atoms with Crippen molar-refractivity contribution in [2.24, 2.45) is 0 Å². The average molecular weight is 313 g/mol. The number of carbonyl (C=O) groups excluding carboxylic acids is 2. The van der Waals surface area contributed by atoms with Crippen molar-refractivity contribution in [1.29, 1.82) is 0 Å². The highest BCUT2D eigenvalue weighted by Crippen LogP contribution is 2.12. The largest absolute Gasteiger partial charge is 0.462 e. The van der Waals surface area contributed by atoms with Crippen molar-refractivity contribution in [3.8, 4) is 0 Å². The minimum absolute atomic E-state index is 0.313. The highest BCUT2D eigenvalue weighted by atomic mass is 16.6. The number of epoxide rings is 1. The molecule has 1 rings (SSSR count). The molecule has 1 fully saturated rings. The molecule has 0 saturated carbocycles. The summed E-state index contributed by atoms with van der Waals surface area (Å²) < 4.78 is 14.6. The number of hydrogen-bond acceptors (Lipinski definition) is 6. The Balaban J connectivity index is 0.000000401. The summed E-state index contributed by atoms with van der Waals surface area (Å²) in [6, 6.07) is 0. The van der Waals surface area contributed by atoms with Gasteiger partial charge < -0.3 is 19.1 Å². The summed E-state index contributed by atoms with van der Waals surface area (Å²) in [5.74, 6) is -0.627. The Bertz CT molecular complexity index is 369. The van der Waals surface area contributed by atoms with Crippen LogP contribution in [0.3, 0.4) is 0 Å². The Morgan fingerprint density at radius 2 is 1.55 bits per heavy atom. The van der Waals surface area contributed by atoms with Gasteiger partial charge in [0.05, 0.1) is 19.3 Å². The third-order valence-corrected chi connectivity index (χ3v) is 2.54. The van der Waals surface area contributed by atoms with E-state index in [9.17, 15) is 9.59 Å². The Kier molecular flexibility index (Phi) is 10.2. The summed E-state index contributed by atoms with van der Waals surface area (Å²) in [5.41, 5.74) is 0.894. The van der Waals surface area contributed by atoms with Crippen LogP contribution in [0.4, 0.5) is 0 Å². The van der Waals surface area contributed by atoms with Crippen LogP contribution >= 0.6 is 0 Å². The third-order valence-electron chi connectivity index (χ3n) is 2.54. The Morgan fingerprint density at radius 1 is 1.09 bits per heavy atom. The molecule has 1 aliphatic heterocycles. The number of ether oxygens (including phenoxy) is 3. The predicted octanol–water partition coefficient (Wildman–Crippen LogP) is 1.56. The Hall–Kier alpha value is -1.66. The molecule has 126 valence electrons. The Morgan fingerprint density at radius 3 is 1.91 bits per heavy atom. The van der Waals surface area contributed by atoms with Gasteiger partial charge in [0.1, 0.15) is 6.61 Å². The van der Waals surface area contributed by atoms with E-state index >= 15 is 0 Å². The number of hydrogen-bond donors (Lipinski definition) is 0. The molecule has 1 atom stereocenters. The molecular formula is C16H27NO5. The highest BCUT2D eigenvalue weighted by Gasteiger charge is 2.22. The minimum Gasteiger partial charge on any atom is -0.462 e. The highest BCUT2D eigenvalue weighted by molar-refractivity contribution is 5.87. The van der Waals surface area contributed by atoms with Crippen molar-refractivity contribution in [1.82, 2.24) is 4.90 Å². The summed E-state index contributed by atoms with van der Waals surface area (Å²) in [5, 5.41) is 0. The van der Waals surface area contributed by atoms with Gasteiger partial charge in [-0.3, -0.25) is 0 Å². The molecular weight excluding hydrogens is 286 g/mol. The van der Waals surface area contributed by atoms with Gasteiger partial charge in [0.25, 0.3) is 0 Å². The molecule has 0 spiro atoms. The molecule has 1 saturated heterocycles. The molecule has 0 aromatic rings. The smallest absolute Gasteiger partial charge is 0.333 e. The quantitative estimate of drug-likeness (QED) is 0.385. The van der Waals surface area contributed by atoms with Crippen LogP contribution < -0.4 is 0 Å². The lowest BCUT2D eigenvalue weighted by molar-refractivity contribution is -0.140. The average Bonchev–Trinajstić information content (AvgIpc) is 3.22. The maximum atomic E-state index is 10.8. The van der Waals surface area contributed by atoms with Crippen molar-refractivity contribution in [2.75, 3.05) is 40.5 Å². The van der Waals surface area contributed by atoms with E-state index in [4.69, 9.17) is 14.2 Å². The van der Waals surface area contributed by atoms with Gasteiger partial charge in [-0.2, -0.15) is 0 Å². The number of likely N-dealkylation sites (N-methyl/N-ethyl adjacent to an activating group) is 1. The minimum atomic E-state index is -0.314. The normalized spacial score (nSPS) is 15.4. The van der Waals surface area contributed by atoms with E-state index in [0.29, 0.717) is 30.5 Å². The number of esters is 2. The van der Waals surface area contributed by atoms with Gasteiger partial charge in [0.15, 0.2) is 0 Å². The SMILES string of the molecule is C=C(C)C(=O)OCCC1CO1.C=C(C)C(=O)OCCN(C)C. The summed E-state index contributed by atoms with van der Waals surface area (Å²) in [6.45, 7) is 12.6. The van der Waals surface area contributed by atoms with E-state index in [0.717, 1.165) is 19.6 Å². The van der Waals surface area contributed by atoms with Gasteiger partial charge in [-0.1, -0.05) is 13.2 Å². The van der Waals surface area contributed by atoms with E-state index in [-0.39, 0.29) is 11.9 Å². The van der Waals surface area contributed by atoms with Crippen LogP contribution in [-0.4, -0.2) is 63.4 Å². The molecule has 6 heteroatoms. The first kappa shape index (κ1) is 20.3. The van der Waals surface area contributed by atoms with Gasteiger partial charge in [0.2, 0.25) is 0 Å². The lowest BCUT2D eigenvalue weighted by atomic mass is 10.3. The molecule has 0 aromatic heterocycles. The zero-order valence-corrected chi connectivity index (χ0v) is 14.0. The second-order valence-corrected chi connectivity index (χ2v) is 5.38. The van der Waals surface area contributed by atoms with Crippen LogP contribution in [0.25, 0.3) is 0 Å². The standard InChI is InChI=1S/C8H15NO2.C8H12O3/c1-7(2)8(10)11-6-5-9(3)4;1-6(2)8(9)10-4-3-7-5-11-7/h1,5-6H2,2-4H3;7H,1,3-5H2,2H3. The zero-order valence-electron chi connectivity index (χ0n) is 14.0. The van der Waals surface area contributed by atoms with Crippen LogP contribution in [0.2, 0.25) is 0 Å². The van der Waals surface area contributed by atoms with E-state index in [1.807, 2.05) is 19.0 Å². The van der Waals surface area contributed by atoms with Crippen molar-refractivity contribution in [2.45, 2.75) is 26.4 Å². The fourth-order valence-corrected chi connectivity index (χ4v) is 1.09. The molecule has 6 nitrogen and oxygen atoms in total. The van der Waals surface area contributed by atoms with Crippen LogP contribution in [0.15, 0.2) is 24.3 Å². The first-order valence-corrected chi connectivity index (χ1v) is 7.15. The van der Waals surface area contributed by atoms with Crippen molar-refractivity contribution < 1.29 is 23.8 Å². The summed E-state index contributed by atoms with van der Waals surface area (Å²) >= 11 is 0. The van der Waals surface area contributed by atoms with Gasteiger partial charge in [-0.15, -0.1) is 0 Å². The van der Waals surface area contributed by atoms with Gasteiger partial charge in [0, 0.05) is 24.1 Å².